The van der Waals surface area contributed by atoms with Gasteiger partial charge in [0.05, 0.1) is 24.3 Å². The maximum Gasteiger partial charge on any atom is 0.384 e. The fourth-order valence-corrected chi connectivity index (χ4v) is 5.64. The van der Waals surface area contributed by atoms with Gasteiger partial charge in [-0.1, -0.05) is 5.92 Å². The zero-order valence-electron chi connectivity index (χ0n) is 19.9. The number of Topliss-reactive ketones (excluding diaryl/α,β-unsaturated/α-hetero) is 2. The standard InChI is InChI=1S/C25H26N2O9/c1-27(2)14-8-10(4-5-16(29)36-3)20(30)18-13(14)7-11-6-12-9-15(28)19(24(26)34)23(33)25(12,35)22(32)17(11)21(18)31/h8,11-12,15,19,28,30,32,35H,6-7,9H2,1-3H3,(H2,26,34)/t11-,12+,15?,19?,25+/m1/s1. The van der Waals surface area contributed by atoms with E-state index in [1.54, 1.807) is 19.0 Å². The Bertz CT molecular complexity index is 1300. The number of carbonyl (C=O) groups is 4. The molecule has 1 saturated carbocycles. The van der Waals surface area contributed by atoms with Gasteiger partial charge in [0, 0.05) is 37.2 Å². The Labute approximate surface area is 206 Å². The third-order valence-electron chi connectivity index (χ3n) is 7.33. The maximum absolute atomic E-state index is 13.7. The van der Waals surface area contributed by atoms with Crippen LogP contribution < -0.4 is 10.6 Å². The van der Waals surface area contributed by atoms with Crippen molar-refractivity contribution in [3.63, 3.8) is 0 Å². The van der Waals surface area contributed by atoms with Gasteiger partial charge in [-0.05, 0) is 36.8 Å². The monoisotopic (exact) mass is 498 g/mol. The quantitative estimate of drug-likeness (QED) is 0.199. The minimum absolute atomic E-state index is 0.0344. The Morgan fingerprint density at radius 1 is 1.22 bits per heavy atom. The molecule has 0 saturated heterocycles. The third-order valence-corrected chi connectivity index (χ3v) is 7.33. The number of aromatic hydroxyl groups is 1. The number of ether oxygens (including phenoxy) is 1. The molecule has 0 aromatic heterocycles. The van der Waals surface area contributed by atoms with Crippen molar-refractivity contribution < 1.29 is 44.3 Å². The number of carbonyl (C=O) groups excluding carboxylic acids is 4. The molecule has 1 fully saturated rings. The molecule has 4 rings (SSSR count). The van der Waals surface area contributed by atoms with Crippen molar-refractivity contribution in [1.29, 1.82) is 0 Å². The van der Waals surface area contributed by atoms with Crippen molar-refractivity contribution in [1.82, 2.24) is 0 Å². The normalized spacial score (nSPS) is 28.8. The molecule has 0 heterocycles. The van der Waals surface area contributed by atoms with Gasteiger partial charge >= 0.3 is 5.97 Å². The maximum atomic E-state index is 13.7. The Kier molecular flexibility index (Phi) is 6.06. The number of ketones is 2. The molecule has 0 bridgehead atoms. The van der Waals surface area contributed by atoms with Crippen LogP contribution in [0, 0.1) is 29.6 Å². The molecule has 1 aromatic rings. The summed E-state index contributed by atoms with van der Waals surface area (Å²) in [6.45, 7) is 0. The Hall–Kier alpha value is -3.88. The SMILES string of the molecule is COC(=O)C#Cc1cc(N(C)C)c2c(c1O)C(=O)C1=C(O)[C@]3(O)C(=O)C(C(N)=O)C(O)C[C@@H]3C[C@@H]1C2. The summed E-state index contributed by atoms with van der Waals surface area (Å²) in [5.41, 5.74) is 3.22. The molecule has 2 unspecified atom stereocenters. The smallest absolute Gasteiger partial charge is 0.384 e. The number of primary amides is 1. The average molecular weight is 498 g/mol. The topological polar surface area (TPSA) is 188 Å². The van der Waals surface area contributed by atoms with Crippen molar-refractivity contribution in [3.8, 4) is 17.6 Å². The molecule has 11 nitrogen and oxygen atoms in total. The second kappa shape index (κ2) is 8.65. The number of phenols is 1. The molecule has 3 aliphatic carbocycles. The highest BCUT2D eigenvalue weighted by molar-refractivity contribution is 6.16. The summed E-state index contributed by atoms with van der Waals surface area (Å²) in [4.78, 5) is 51.8. The summed E-state index contributed by atoms with van der Waals surface area (Å²) in [6.07, 6.45) is -1.38. The number of methoxy groups -OCH3 is 1. The number of allylic oxidation sites excluding steroid dienone is 1. The summed E-state index contributed by atoms with van der Waals surface area (Å²) in [6, 6.07) is 1.52. The van der Waals surface area contributed by atoms with Crippen molar-refractivity contribution in [2.75, 3.05) is 26.1 Å². The second-order valence-corrected chi connectivity index (χ2v) is 9.52. The summed E-state index contributed by atoms with van der Waals surface area (Å²) in [5.74, 6) is -4.08. The predicted molar refractivity (Wildman–Crippen MR) is 124 cm³/mol. The molecular formula is C25H26N2O9. The predicted octanol–water partition coefficient (Wildman–Crippen LogP) is -0.664. The molecule has 1 aromatic carbocycles. The number of anilines is 1. The van der Waals surface area contributed by atoms with Crippen LogP contribution >= 0.6 is 0 Å². The van der Waals surface area contributed by atoms with Crippen LogP contribution in [0.2, 0.25) is 0 Å². The molecular weight excluding hydrogens is 472 g/mol. The van der Waals surface area contributed by atoms with Crippen molar-refractivity contribution in [2.24, 2.45) is 23.5 Å². The van der Waals surface area contributed by atoms with E-state index in [0.29, 0.717) is 11.3 Å². The first-order valence-corrected chi connectivity index (χ1v) is 11.2. The lowest BCUT2D eigenvalue weighted by atomic mass is 9.57. The lowest BCUT2D eigenvalue weighted by Crippen LogP contribution is -2.63. The van der Waals surface area contributed by atoms with E-state index in [1.807, 2.05) is 0 Å². The van der Waals surface area contributed by atoms with Gasteiger partial charge in [0.25, 0.3) is 0 Å². The van der Waals surface area contributed by atoms with E-state index in [1.165, 1.54) is 6.07 Å². The van der Waals surface area contributed by atoms with Gasteiger partial charge < -0.3 is 35.8 Å². The Morgan fingerprint density at radius 2 is 1.89 bits per heavy atom. The number of hydrogen-bond acceptors (Lipinski definition) is 10. The molecule has 6 N–H and O–H groups in total. The van der Waals surface area contributed by atoms with E-state index in [2.05, 4.69) is 16.6 Å². The van der Waals surface area contributed by atoms with Crippen LogP contribution in [-0.2, 0) is 25.5 Å². The van der Waals surface area contributed by atoms with Crippen molar-refractivity contribution in [2.45, 2.75) is 31.0 Å². The summed E-state index contributed by atoms with van der Waals surface area (Å²) in [5, 5.41) is 43.8. The highest BCUT2D eigenvalue weighted by Crippen LogP contribution is 2.52. The average Bonchev–Trinajstić information content (AvgIpc) is 2.80. The molecule has 3 aliphatic rings. The summed E-state index contributed by atoms with van der Waals surface area (Å²) in [7, 11) is 4.58. The van der Waals surface area contributed by atoms with Crippen LogP contribution in [0.4, 0.5) is 5.69 Å². The minimum atomic E-state index is -2.58. The van der Waals surface area contributed by atoms with Crippen molar-refractivity contribution in [3.05, 3.63) is 34.1 Å². The van der Waals surface area contributed by atoms with Gasteiger partial charge in [-0.15, -0.1) is 0 Å². The molecule has 1 amide bonds. The molecule has 5 atom stereocenters. The number of hydrogen-bond donors (Lipinski definition) is 5. The molecule has 0 radical (unpaired) electrons. The first kappa shape index (κ1) is 25.2. The number of nitrogens with zero attached hydrogens (tertiary/aromatic N) is 1. The lowest BCUT2D eigenvalue weighted by molar-refractivity contribution is -0.167. The van der Waals surface area contributed by atoms with Crippen LogP contribution in [0.15, 0.2) is 17.4 Å². The lowest BCUT2D eigenvalue weighted by Gasteiger charge is -2.48. The van der Waals surface area contributed by atoms with Gasteiger partial charge in [0.1, 0.15) is 17.4 Å². The molecule has 36 heavy (non-hydrogen) atoms. The second-order valence-electron chi connectivity index (χ2n) is 9.52. The Morgan fingerprint density at radius 3 is 2.47 bits per heavy atom. The van der Waals surface area contributed by atoms with E-state index < -0.39 is 64.4 Å². The van der Waals surface area contributed by atoms with Crippen LogP contribution in [0.1, 0.15) is 34.3 Å². The molecule has 0 aliphatic heterocycles. The zero-order chi connectivity index (χ0) is 26.7. The fourth-order valence-electron chi connectivity index (χ4n) is 5.64. The largest absolute Gasteiger partial charge is 0.508 e. The number of esters is 1. The van der Waals surface area contributed by atoms with Crippen LogP contribution in [-0.4, -0.2) is 76.8 Å². The fraction of sp³-hybridized carbons (Fsp3) is 0.440. The van der Waals surface area contributed by atoms with E-state index in [9.17, 15) is 39.6 Å². The van der Waals surface area contributed by atoms with E-state index in [4.69, 9.17) is 5.73 Å². The van der Waals surface area contributed by atoms with Gasteiger partial charge in [0.15, 0.2) is 17.2 Å². The van der Waals surface area contributed by atoms with Crippen LogP contribution in [0.3, 0.4) is 0 Å². The van der Waals surface area contributed by atoms with Gasteiger partial charge in [-0.3, -0.25) is 14.4 Å². The number of nitrogens with two attached hydrogens (primary N) is 1. The molecule has 190 valence electrons. The number of phenolic OH excluding ortho intramolecular Hbond substituents is 1. The minimum Gasteiger partial charge on any atom is -0.508 e. The highest BCUT2D eigenvalue weighted by atomic mass is 16.5. The van der Waals surface area contributed by atoms with Crippen LogP contribution in [0.25, 0.3) is 0 Å². The number of aliphatic hydroxyl groups is 3. The van der Waals surface area contributed by atoms with Crippen molar-refractivity contribution >= 4 is 29.1 Å². The van der Waals surface area contributed by atoms with Gasteiger partial charge in [0.2, 0.25) is 5.91 Å². The highest BCUT2D eigenvalue weighted by Gasteiger charge is 2.62. The first-order chi connectivity index (χ1) is 16.8. The Balaban J connectivity index is 1.92. The number of rotatable bonds is 2. The van der Waals surface area contributed by atoms with Gasteiger partial charge in [-0.2, -0.15) is 0 Å². The van der Waals surface area contributed by atoms with E-state index in [-0.39, 0.29) is 36.0 Å². The van der Waals surface area contributed by atoms with Crippen LogP contribution in [0.5, 0.6) is 5.75 Å². The summed E-state index contributed by atoms with van der Waals surface area (Å²) >= 11 is 0. The van der Waals surface area contributed by atoms with E-state index >= 15 is 0 Å². The molecule has 0 spiro atoms. The number of fused-ring (bicyclic) bond motifs is 3. The number of amides is 1. The zero-order valence-corrected chi connectivity index (χ0v) is 19.9. The number of benzene rings is 1. The van der Waals surface area contributed by atoms with Gasteiger partial charge in [-0.25, -0.2) is 4.79 Å². The summed E-state index contributed by atoms with van der Waals surface area (Å²) < 4.78 is 4.49. The molecule has 11 heteroatoms. The first-order valence-electron chi connectivity index (χ1n) is 11.2. The number of aliphatic hydroxyl groups excluding tert-OH is 2. The third kappa shape index (κ3) is 3.53. The van der Waals surface area contributed by atoms with E-state index in [0.717, 1.165) is 7.11 Å².